The maximum absolute atomic E-state index is 10.7. The van der Waals surface area contributed by atoms with Crippen molar-refractivity contribution in [2.75, 3.05) is 14.2 Å². The summed E-state index contributed by atoms with van der Waals surface area (Å²) in [6, 6.07) is 3.36. The first-order chi connectivity index (χ1) is 7.63. The molecule has 0 bridgehead atoms. The van der Waals surface area contributed by atoms with E-state index in [0.717, 1.165) is 0 Å². The number of benzene rings is 1. The average molecular weight is 245 g/mol. The fourth-order valence-electron chi connectivity index (χ4n) is 1.51. The van der Waals surface area contributed by atoms with Crippen LogP contribution in [0.3, 0.4) is 0 Å². The van der Waals surface area contributed by atoms with Crippen LogP contribution in [-0.2, 0) is 17.1 Å². The fourth-order valence-corrected chi connectivity index (χ4v) is 1.80. The van der Waals surface area contributed by atoms with Gasteiger partial charge >= 0.3 is 5.97 Å². The molecule has 1 aromatic carbocycles. The van der Waals surface area contributed by atoms with E-state index in [4.69, 9.17) is 26.2 Å². The Morgan fingerprint density at radius 1 is 1.38 bits per heavy atom. The minimum atomic E-state index is -0.904. The van der Waals surface area contributed by atoms with Gasteiger partial charge in [-0.1, -0.05) is 6.07 Å². The first-order valence-electron chi connectivity index (χ1n) is 4.64. The SMILES string of the molecule is COc1ccc(CC(=O)O)c(CCl)c1OC. The van der Waals surface area contributed by atoms with Crippen molar-refractivity contribution in [2.45, 2.75) is 12.3 Å². The Balaban J connectivity index is 3.25. The number of hydrogen-bond donors (Lipinski definition) is 1. The first-order valence-corrected chi connectivity index (χ1v) is 5.18. The van der Waals surface area contributed by atoms with Crippen LogP contribution in [0.2, 0.25) is 0 Å². The van der Waals surface area contributed by atoms with E-state index in [1.165, 1.54) is 14.2 Å². The van der Waals surface area contributed by atoms with E-state index in [1.807, 2.05) is 0 Å². The van der Waals surface area contributed by atoms with Gasteiger partial charge in [0.15, 0.2) is 11.5 Å². The molecule has 16 heavy (non-hydrogen) atoms. The molecule has 0 saturated heterocycles. The van der Waals surface area contributed by atoms with Crippen LogP contribution in [-0.4, -0.2) is 25.3 Å². The molecule has 4 nitrogen and oxygen atoms in total. The molecule has 1 rings (SSSR count). The Morgan fingerprint density at radius 2 is 2.06 bits per heavy atom. The highest BCUT2D eigenvalue weighted by Crippen LogP contribution is 2.34. The second kappa shape index (κ2) is 5.61. The largest absolute Gasteiger partial charge is 0.493 e. The number of carboxylic acid groups (broad SMARTS) is 1. The summed E-state index contributed by atoms with van der Waals surface area (Å²) in [7, 11) is 3.02. The van der Waals surface area contributed by atoms with Crippen molar-refractivity contribution >= 4 is 17.6 Å². The molecule has 0 aromatic heterocycles. The van der Waals surface area contributed by atoms with Crippen molar-refractivity contribution in [2.24, 2.45) is 0 Å². The summed E-state index contributed by atoms with van der Waals surface area (Å²) >= 11 is 5.80. The zero-order valence-corrected chi connectivity index (χ0v) is 9.87. The highest BCUT2D eigenvalue weighted by Gasteiger charge is 2.15. The van der Waals surface area contributed by atoms with Crippen LogP contribution >= 0.6 is 11.6 Å². The summed E-state index contributed by atoms with van der Waals surface area (Å²) in [5.74, 6) is 0.324. The number of alkyl halides is 1. The maximum atomic E-state index is 10.7. The van der Waals surface area contributed by atoms with Crippen LogP contribution in [0.25, 0.3) is 0 Å². The lowest BCUT2D eigenvalue weighted by molar-refractivity contribution is -0.136. The second-order valence-electron chi connectivity index (χ2n) is 3.14. The number of hydrogen-bond acceptors (Lipinski definition) is 3. The van der Waals surface area contributed by atoms with Crippen molar-refractivity contribution in [3.63, 3.8) is 0 Å². The lowest BCUT2D eigenvalue weighted by atomic mass is 10.0. The van der Waals surface area contributed by atoms with Gasteiger partial charge in [0.1, 0.15) is 0 Å². The van der Waals surface area contributed by atoms with Crippen LogP contribution in [0, 0.1) is 0 Å². The van der Waals surface area contributed by atoms with E-state index in [0.29, 0.717) is 22.6 Å². The van der Waals surface area contributed by atoms with Crippen LogP contribution in [0.5, 0.6) is 11.5 Å². The number of aliphatic carboxylic acids is 1. The summed E-state index contributed by atoms with van der Waals surface area (Å²) in [4.78, 5) is 10.7. The summed E-state index contributed by atoms with van der Waals surface area (Å²) in [5.41, 5.74) is 1.30. The number of carboxylic acids is 1. The third kappa shape index (κ3) is 2.58. The topological polar surface area (TPSA) is 55.8 Å². The van der Waals surface area contributed by atoms with Crippen molar-refractivity contribution < 1.29 is 19.4 Å². The van der Waals surface area contributed by atoms with Gasteiger partial charge in [-0.05, 0) is 11.6 Å². The summed E-state index contributed by atoms with van der Waals surface area (Å²) < 4.78 is 10.3. The van der Waals surface area contributed by atoms with Crippen LogP contribution in [0.4, 0.5) is 0 Å². The van der Waals surface area contributed by atoms with Gasteiger partial charge in [0.05, 0.1) is 26.5 Å². The monoisotopic (exact) mass is 244 g/mol. The van der Waals surface area contributed by atoms with Gasteiger partial charge in [0.25, 0.3) is 0 Å². The minimum Gasteiger partial charge on any atom is -0.493 e. The van der Waals surface area contributed by atoms with E-state index in [-0.39, 0.29) is 12.3 Å². The molecular formula is C11H13ClO4. The second-order valence-corrected chi connectivity index (χ2v) is 3.41. The zero-order valence-electron chi connectivity index (χ0n) is 9.12. The van der Waals surface area contributed by atoms with Gasteiger partial charge in [-0.2, -0.15) is 0 Å². The van der Waals surface area contributed by atoms with E-state index in [2.05, 4.69) is 0 Å². The Kier molecular flexibility index (Phi) is 4.43. The average Bonchev–Trinajstić information content (AvgIpc) is 2.27. The summed E-state index contributed by atoms with van der Waals surface area (Å²) in [6.45, 7) is 0. The molecule has 0 atom stereocenters. The van der Waals surface area contributed by atoms with Crippen LogP contribution in [0.15, 0.2) is 12.1 Å². The van der Waals surface area contributed by atoms with Crippen LogP contribution in [0.1, 0.15) is 11.1 Å². The Bertz CT molecular complexity index is 390. The minimum absolute atomic E-state index is 0.0809. The standard InChI is InChI=1S/C11H13ClO4/c1-15-9-4-3-7(5-10(13)14)8(6-12)11(9)16-2/h3-4H,5-6H2,1-2H3,(H,13,14). The van der Waals surface area contributed by atoms with E-state index in [9.17, 15) is 4.79 Å². The third-order valence-electron chi connectivity index (χ3n) is 2.22. The molecular weight excluding hydrogens is 232 g/mol. The number of ether oxygens (including phenoxy) is 2. The smallest absolute Gasteiger partial charge is 0.307 e. The number of halogens is 1. The predicted molar refractivity (Wildman–Crippen MR) is 60.4 cm³/mol. The number of rotatable bonds is 5. The van der Waals surface area contributed by atoms with Crippen molar-refractivity contribution in [3.8, 4) is 11.5 Å². The quantitative estimate of drug-likeness (QED) is 0.806. The molecule has 1 N–H and O–H groups in total. The molecule has 5 heteroatoms. The van der Waals surface area contributed by atoms with E-state index in [1.54, 1.807) is 12.1 Å². The van der Waals surface area contributed by atoms with E-state index >= 15 is 0 Å². The van der Waals surface area contributed by atoms with Crippen molar-refractivity contribution in [3.05, 3.63) is 23.3 Å². The van der Waals surface area contributed by atoms with E-state index < -0.39 is 5.97 Å². The molecule has 0 aliphatic carbocycles. The molecule has 1 aromatic rings. The van der Waals surface area contributed by atoms with Crippen molar-refractivity contribution in [1.29, 1.82) is 0 Å². The molecule has 0 heterocycles. The van der Waals surface area contributed by atoms with Crippen LogP contribution < -0.4 is 9.47 Å². The molecule has 0 aliphatic heterocycles. The molecule has 0 saturated carbocycles. The summed E-state index contributed by atoms with van der Waals surface area (Å²) in [6.07, 6.45) is -0.0809. The normalized spacial score (nSPS) is 9.94. The molecule has 0 fully saturated rings. The zero-order chi connectivity index (χ0) is 12.1. The molecule has 0 radical (unpaired) electrons. The fraction of sp³-hybridized carbons (Fsp3) is 0.364. The third-order valence-corrected chi connectivity index (χ3v) is 2.49. The highest BCUT2D eigenvalue weighted by molar-refractivity contribution is 6.17. The van der Waals surface area contributed by atoms with Gasteiger partial charge in [-0.3, -0.25) is 4.79 Å². The molecule has 0 aliphatic rings. The molecule has 88 valence electrons. The molecule has 0 spiro atoms. The van der Waals surface area contributed by atoms with Gasteiger partial charge < -0.3 is 14.6 Å². The maximum Gasteiger partial charge on any atom is 0.307 e. The number of methoxy groups -OCH3 is 2. The Morgan fingerprint density at radius 3 is 2.50 bits per heavy atom. The van der Waals surface area contributed by atoms with Gasteiger partial charge in [-0.15, -0.1) is 11.6 Å². The van der Waals surface area contributed by atoms with Crippen molar-refractivity contribution in [1.82, 2.24) is 0 Å². The molecule has 0 unspecified atom stereocenters. The lowest BCUT2D eigenvalue weighted by Gasteiger charge is -2.14. The first kappa shape index (κ1) is 12.6. The predicted octanol–water partition coefficient (Wildman–Crippen LogP) is 2.07. The lowest BCUT2D eigenvalue weighted by Crippen LogP contribution is -2.05. The Hall–Kier alpha value is -1.42. The van der Waals surface area contributed by atoms with Gasteiger partial charge in [0, 0.05) is 5.56 Å². The number of carbonyl (C=O) groups is 1. The summed E-state index contributed by atoms with van der Waals surface area (Å²) in [5, 5.41) is 8.76. The van der Waals surface area contributed by atoms with Gasteiger partial charge in [-0.25, -0.2) is 0 Å². The van der Waals surface area contributed by atoms with Gasteiger partial charge in [0.2, 0.25) is 0 Å². The highest BCUT2D eigenvalue weighted by atomic mass is 35.5. The Labute approximate surface area is 98.7 Å². The molecule has 0 amide bonds.